The van der Waals surface area contributed by atoms with Crippen molar-refractivity contribution in [2.75, 3.05) is 19.9 Å². The molecule has 0 aromatic heterocycles. The quantitative estimate of drug-likeness (QED) is 0.852. The van der Waals surface area contributed by atoms with Crippen LogP contribution in [0.5, 0.6) is 5.75 Å². The summed E-state index contributed by atoms with van der Waals surface area (Å²) in [4.78, 5) is 14.3. The minimum atomic E-state index is 0.00653. The lowest BCUT2D eigenvalue weighted by Gasteiger charge is -2.31. The van der Waals surface area contributed by atoms with Crippen molar-refractivity contribution in [1.82, 2.24) is 4.90 Å². The van der Waals surface area contributed by atoms with Crippen LogP contribution in [0.4, 0.5) is 5.69 Å². The Labute approximate surface area is 114 Å². The Morgan fingerprint density at radius 1 is 1.32 bits per heavy atom. The van der Waals surface area contributed by atoms with Crippen molar-refractivity contribution in [2.24, 2.45) is 0 Å². The predicted octanol–water partition coefficient (Wildman–Crippen LogP) is 2.68. The molecule has 2 rings (SSSR count). The number of nitrogens with two attached hydrogens (primary N) is 1. The Kier molecular flexibility index (Phi) is 4.30. The van der Waals surface area contributed by atoms with E-state index >= 15 is 0 Å². The van der Waals surface area contributed by atoms with Gasteiger partial charge in [-0.15, -0.1) is 0 Å². The number of nitrogen functional groups attached to an aromatic ring is 1. The minimum Gasteiger partial charge on any atom is -0.497 e. The van der Waals surface area contributed by atoms with E-state index in [2.05, 4.69) is 0 Å². The fourth-order valence-electron chi connectivity index (χ4n) is 2.69. The number of ether oxygens (including phenoxy) is 1. The molecule has 0 saturated heterocycles. The fraction of sp³-hybridized carbons (Fsp3) is 0.533. The first kappa shape index (κ1) is 13.7. The molecule has 0 unspecified atom stereocenters. The zero-order chi connectivity index (χ0) is 13.8. The van der Waals surface area contributed by atoms with Crippen molar-refractivity contribution in [2.45, 2.75) is 38.1 Å². The van der Waals surface area contributed by atoms with E-state index in [0.29, 0.717) is 23.0 Å². The van der Waals surface area contributed by atoms with Crippen LogP contribution in [0.1, 0.15) is 42.5 Å². The summed E-state index contributed by atoms with van der Waals surface area (Å²) in [5, 5.41) is 0. The Morgan fingerprint density at radius 2 is 2.00 bits per heavy atom. The second-order valence-electron chi connectivity index (χ2n) is 5.16. The fourth-order valence-corrected chi connectivity index (χ4v) is 2.69. The molecule has 1 amide bonds. The van der Waals surface area contributed by atoms with Gasteiger partial charge in [-0.05, 0) is 25.0 Å². The molecule has 19 heavy (non-hydrogen) atoms. The van der Waals surface area contributed by atoms with E-state index in [1.807, 2.05) is 11.9 Å². The topological polar surface area (TPSA) is 55.6 Å². The van der Waals surface area contributed by atoms with Crippen LogP contribution in [-0.2, 0) is 0 Å². The van der Waals surface area contributed by atoms with Crippen LogP contribution in [-0.4, -0.2) is 31.0 Å². The number of methoxy groups -OCH3 is 1. The second-order valence-corrected chi connectivity index (χ2v) is 5.16. The van der Waals surface area contributed by atoms with E-state index in [-0.39, 0.29) is 5.91 Å². The van der Waals surface area contributed by atoms with Crippen molar-refractivity contribution in [3.05, 3.63) is 23.8 Å². The van der Waals surface area contributed by atoms with Crippen molar-refractivity contribution < 1.29 is 9.53 Å². The molecule has 0 atom stereocenters. The molecule has 0 heterocycles. The third kappa shape index (κ3) is 3.00. The van der Waals surface area contributed by atoms with Gasteiger partial charge in [-0.3, -0.25) is 4.79 Å². The van der Waals surface area contributed by atoms with Crippen LogP contribution < -0.4 is 10.5 Å². The molecule has 4 heteroatoms. The lowest BCUT2D eigenvalue weighted by molar-refractivity contribution is 0.0697. The van der Waals surface area contributed by atoms with Crippen LogP contribution in [0.2, 0.25) is 0 Å². The lowest BCUT2D eigenvalue weighted by Crippen LogP contribution is -2.38. The van der Waals surface area contributed by atoms with Gasteiger partial charge in [-0.1, -0.05) is 19.3 Å². The highest BCUT2D eigenvalue weighted by Crippen LogP contribution is 2.25. The molecule has 4 nitrogen and oxygen atoms in total. The highest BCUT2D eigenvalue weighted by atomic mass is 16.5. The standard InChI is InChI=1S/C15H22N2O2/c1-17(11-6-4-3-5-7-11)15(18)13-9-8-12(19-2)10-14(13)16/h8-11H,3-7,16H2,1-2H3. The molecule has 0 spiro atoms. The summed E-state index contributed by atoms with van der Waals surface area (Å²) in [7, 11) is 3.46. The van der Waals surface area contributed by atoms with Crippen molar-refractivity contribution in [3.8, 4) is 5.75 Å². The highest BCUT2D eigenvalue weighted by Gasteiger charge is 2.24. The van der Waals surface area contributed by atoms with Crippen molar-refractivity contribution in [3.63, 3.8) is 0 Å². The minimum absolute atomic E-state index is 0.00653. The number of hydrogen-bond donors (Lipinski definition) is 1. The molecule has 2 N–H and O–H groups in total. The average molecular weight is 262 g/mol. The monoisotopic (exact) mass is 262 g/mol. The van der Waals surface area contributed by atoms with Gasteiger partial charge in [0.1, 0.15) is 5.75 Å². The Balaban J connectivity index is 2.14. The third-order valence-electron chi connectivity index (χ3n) is 3.93. The second kappa shape index (κ2) is 5.95. The van der Waals surface area contributed by atoms with Gasteiger partial charge < -0.3 is 15.4 Å². The summed E-state index contributed by atoms with van der Waals surface area (Å²) < 4.78 is 5.10. The molecule has 1 aliphatic carbocycles. The molecule has 1 aromatic rings. The van der Waals surface area contributed by atoms with Gasteiger partial charge >= 0.3 is 0 Å². The van der Waals surface area contributed by atoms with E-state index < -0.39 is 0 Å². The molecule has 1 aliphatic rings. The van der Waals surface area contributed by atoms with E-state index in [1.54, 1.807) is 25.3 Å². The summed E-state index contributed by atoms with van der Waals surface area (Å²) in [6.07, 6.45) is 5.89. The summed E-state index contributed by atoms with van der Waals surface area (Å²) in [5.74, 6) is 0.682. The smallest absolute Gasteiger partial charge is 0.255 e. The van der Waals surface area contributed by atoms with E-state index in [1.165, 1.54) is 19.3 Å². The SMILES string of the molecule is COc1ccc(C(=O)N(C)C2CCCCC2)c(N)c1. The van der Waals surface area contributed by atoms with Gasteiger partial charge in [0, 0.05) is 24.8 Å². The maximum atomic E-state index is 12.5. The van der Waals surface area contributed by atoms with Crippen molar-refractivity contribution in [1.29, 1.82) is 0 Å². The molecule has 0 radical (unpaired) electrons. The summed E-state index contributed by atoms with van der Waals surface area (Å²) in [6, 6.07) is 5.57. The first-order valence-electron chi connectivity index (χ1n) is 6.84. The van der Waals surface area contributed by atoms with Gasteiger partial charge in [0.05, 0.1) is 12.7 Å². The number of carbonyl (C=O) groups excluding carboxylic acids is 1. The Morgan fingerprint density at radius 3 is 2.58 bits per heavy atom. The third-order valence-corrected chi connectivity index (χ3v) is 3.93. The number of rotatable bonds is 3. The summed E-state index contributed by atoms with van der Waals surface area (Å²) in [5.41, 5.74) is 6.98. The molecule has 1 aromatic carbocycles. The molecule has 1 fully saturated rings. The average Bonchev–Trinajstić information content (AvgIpc) is 2.46. The van der Waals surface area contributed by atoms with Gasteiger partial charge in [0.25, 0.3) is 5.91 Å². The van der Waals surface area contributed by atoms with E-state index in [4.69, 9.17) is 10.5 Å². The van der Waals surface area contributed by atoms with E-state index in [9.17, 15) is 4.79 Å². The molecule has 1 saturated carbocycles. The number of hydrogen-bond acceptors (Lipinski definition) is 3. The molecule has 0 aliphatic heterocycles. The van der Waals surface area contributed by atoms with Crippen LogP contribution in [0.25, 0.3) is 0 Å². The van der Waals surface area contributed by atoms with Crippen LogP contribution in [0.15, 0.2) is 18.2 Å². The number of nitrogens with zero attached hydrogens (tertiary/aromatic N) is 1. The number of carbonyl (C=O) groups is 1. The maximum absolute atomic E-state index is 12.5. The lowest BCUT2D eigenvalue weighted by atomic mass is 9.94. The van der Waals surface area contributed by atoms with Gasteiger partial charge in [-0.2, -0.15) is 0 Å². The Bertz CT molecular complexity index is 453. The van der Waals surface area contributed by atoms with Crippen molar-refractivity contribution >= 4 is 11.6 Å². The zero-order valence-electron chi connectivity index (χ0n) is 11.7. The van der Waals surface area contributed by atoms with Crippen LogP contribution >= 0.6 is 0 Å². The molecule has 0 bridgehead atoms. The summed E-state index contributed by atoms with van der Waals surface area (Å²) >= 11 is 0. The number of amides is 1. The first-order valence-corrected chi connectivity index (χ1v) is 6.84. The number of anilines is 1. The zero-order valence-corrected chi connectivity index (χ0v) is 11.7. The maximum Gasteiger partial charge on any atom is 0.255 e. The molecular weight excluding hydrogens is 240 g/mol. The summed E-state index contributed by atoms with van der Waals surface area (Å²) in [6.45, 7) is 0. The van der Waals surface area contributed by atoms with Gasteiger partial charge in [-0.25, -0.2) is 0 Å². The van der Waals surface area contributed by atoms with Crippen LogP contribution in [0, 0.1) is 0 Å². The predicted molar refractivity (Wildman–Crippen MR) is 76.4 cm³/mol. The largest absolute Gasteiger partial charge is 0.497 e. The molecular formula is C15H22N2O2. The Hall–Kier alpha value is -1.71. The van der Waals surface area contributed by atoms with Gasteiger partial charge in [0.2, 0.25) is 0 Å². The van der Waals surface area contributed by atoms with E-state index in [0.717, 1.165) is 12.8 Å². The highest BCUT2D eigenvalue weighted by molar-refractivity contribution is 5.99. The first-order chi connectivity index (χ1) is 9.13. The van der Waals surface area contributed by atoms with Crippen LogP contribution in [0.3, 0.4) is 0 Å². The normalized spacial score (nSPS) is 16.1. The van der Waals surface area contributed by atoms with Gasteiger partial charge in [0.15, 0.2) is 0 Å². The molecule has 104 valence electrons. The number of benzene rings is 1.